The standard InChI is InChI=1S/C18H12BrCl2F2N3O2/c19-12-9-26(8-10-5-6-13(20)14(21)7-10)25-16(12)24-17(27)11-3-1-2-4-15(11)28-18(22)23/h1-7,9,18H,8H2,(H,24,25,27). The summed E-state index contributed by atoms with van der Waals surface area (Å²) in [5.41, 5.74) is 0.826. The number of amides is 1. The van der Waals surface area contributed by atoms with Crippen LogP contribution >= 0.6 is 39.1 Å². The molecule has 0 bridgehead atoms. The Labute approximate surface area is 177 Å². The van der Waals surface area contributed by atoms with Crippen LogP contribution in [0.4, 0.5) is 14.6 Å². The molecule has 0 saturated heterocycles. The third kappa shape index (κ3) is 5.01. The number of para-hydroxylation sites is 1. The van der Waals surface area contributed by atoms with E-state index in [2.05, 4.69) is 31.1 Å². The summed E-state index contributed by atoms with van der Waals surface area (Å²) in [6.45, 7) is -2.65. The summed E-state index contributed by atoms with van der Waals surface area (Å²) in [5.74, 6) is -0.616. The molecule has 1 N–H and O–H groups in total. The predicted octanol–water partition coefficient (Wildman–Crippen LogP) is 5.85. The van der Waals surface area contributed by atoms with E-state index in [1.165, 1.54) is 18.2 Å². The van der Waals surface area contributed by atoms with Crippen molar-refractivity contribution in [2.24, 2.45) is 0 Å². The maximum atomic E-state index is 12.5. The van der Waals surface area contributed by atoms with E-state index in [9.17, 15) is 13.6 Å². The number of aromatic nitrogens is 2. The van der Waals surface area contributed by atoms with Crippen LogP contribution < -0.4 is 10.1 Å². The molecule has 0 aliphatic rings. The SMILES string of the molecule is O=C(Nc1nn(Cc2ccc(Cl)c(Cl)c2)cc1Br)c1ccccc1OC(F)F. The second-order valence-corrected chi connectivity index (χ2v) is 7.27. The first-order chi connectivity index (χ1) is 13.3. The van der Waals surface area contributed by atoms with Gasteiger partial charge in [-0.05, 0) is 45.8 Å². The van der Waals surface area contributed by atoms with Crippen LogP contribution in [0.5, 0.6) is 5.75 Å². The summed E-state index contributed by atoms with van der Waals surface area (Å²) in [7, 11) is 0. The molecule has 0 unspecified atom stereocenters. The van der Waals surface area contributed by atoms with Crippen molar-refractivity contribution in [1.29, 1.82) is 0 Å². The largest absolute Gasteiger partial charge is 0.434 e. The molecule has 0 saturated carbocycles. The molecule has 2 aromatic carbocycles. The number of carbonyl (C=O) groups excluding carboxylic acids is 1. The molecule has 1 aromatic heterocycles. The average molecular weight is 491 g/mol. The van der Waals surface area contributed by atoms with E-state index in [-0.39, 0.29) is 17.1 Å². The van der Waals surface area contributed by atoms with Crippen LogP contribution in [0.1, 0.15) is 15.9 Å². The summed E-state index contributed by atoms with van der Waals surface area (Å²) in [5, 5.41) is 7.74. The van der Waals surface area contributed by atoms with E-state index in [0.717, 1.165) is 5.56 Å². The van der Waals surface area contributed by atoms with Crippen molar-refractivity contribution in [1.82, 2.24) is 9.78 Å². The molecule has 1 heterocycles. The molecule has 10 heteroatoms. The highest BCUT2D eigenvalue weighted by Gasteiger charge is 2.18. The van der Waals surface area contributed by atoms with Crippen LogP contribution in [-0.4, -0.2) is 22.3 Å². The predicted molar refractivity (Wildman–Crippen MR) is 107 cm³/mol. The zero-order valence-electron chi connectivity index (χ0n) is 14.0. The molecule has 3 aromatic rings. The van der Waals surface area contributed by atoms with Crippen molar-refractivity contribution >= 4 is 50.9 Å². The molecule has 0 fully saturated rings. The van der Waals surface area contributed by atoms with Crippen molar-refractivity contribution < 1.29 is 18.3 Å². The Morgan fingerprint density at radius 2 is 1.96 bits per heavy atom. The topological polar surface area (TPSA) is 56.2 Å². The fraction of sp³-hybridized carbons (Fsp3) is 0.111. The van der Waals surface area contributed by atoms with Crippen LogP contribution in [0.2, 0.25) is 10.0 Å². The maximum absolute atomic E-state index is 12.5. The van der Waals surface area contributed by atoms with Gasteiger partial charge < -0.3 is 10.1 Å². The van der Waals surface area contributed by atoms with Gasteiger partial charge >= 0.3 is 6.61 Å². The highest BCUT2D eigenvalue weighted by atomic mass is 79.9. The summed E-state index contributed by atoms with van der Waals surface area (Å²) in [6.07, 6.45) is 1.67. The van der Waals surface area contributed by atoms with Crippen molar-refractivity contribution in [3.63, 3.8) is 0 Å². The lowest BCUT2D eigenvalue weighted by Gasteiger charge is -2.10. The van der Waals surface area contributed by atoms with Crippen LogP contribution in [0.25, 0.3) is 0 Å². The van der Waals surface area contributed by atoms with E-state index in [1.807, 2.05) is 0 Å². The van der Waals surface area contributed by atoms with Gasteiger partial charge in [0, 0.05) is 6.20 Å². The minimum Gasteiger partial charge on any atom is -0.434 e. The lowest BCUT2D eigenvalue weighted by atomic mass is 10.2. The minimum absolute atomic E-state index is 0.0336. The van der Waals surface area contributed by atoms with Gasteiger partial charge in [0.25, 0.3) is 5.91 Å². The van der Waals surface area contributed by atoms with Gasteiger partial charge in [0.1, 0.15) is 5.75 Å². The van der Waals surface area contributed by atoms with Gasteiger partial charge in [-0.3, -0.25) is 9.48 Å². The Morgan fingerprint density at radius 1 is 1.21 bits per heavy atom. The fourth-order valence-electron chi connectivity index (χ4n) is 2.42. The molecule has 0 spiro atoms. The van der Waals surface area contributed by atoms with Crippen LogP contribution in [0.15, 0.2) is 53.1 Å². The van der Waals surface area contributed by atoms with Crippen LogP contribution in [0.3, 0.4) is 0 Å². The van der Waals surface area contributed by atoms with Gasteiger partial charge in [0.2, 0.25) is 0 Å². The average Bonchev–Trinajstić information content (AvgIpc) is 2.97. The van der Waals surface area contributed by atoms with E-state index in [4.69, 9.17) is 23.2 Å². The van der Waals surface area contributed by atoms with E-state index >= 15 is 0 Å². The molecule has 0 radical (unpaired) electrons. The van der Waals surface area contributed by atoms with Gasteiger partial charge in [-0.25, -0.2) is 0 Å². The lowest BCUT2D eigenvalue weighted by Crippen LogP contribution is -2.15. The van der Waals surface area contributed by atoms with Gasteiger partial charge in [0.05, 0.1) is 26.6 Å². The number of nitrogens with zero attached hydrogens (tertiary/aromatic N) is 2. The van der Waals surface area contributed by atoms with E-state index < -0.39 is 12.5 Å². The Bertz CT molecular complexity index is 1010. The normalized spacial score (nSPS) is 10.9. The van der Waals surface area contributed by atoms with E-state index in [0.29, 0.717) is 21.1 Å². The number of anilines is 1. The molecule has 28 heavy (non-hydrogen) atoms. The van der Waals surface area contributed by atoms with Gasteiger partial charge in [0.15, 0.2) is 5.82 Å². The fourth-order valence-corrected chi connectivity index (χ4v) is 3.15. The number of halogens is 5. The van der Waals surface area contributed by atoms with E-state index in [1.54, 1.807) is 35.1 Å². The quantitative estimate of drug-likeness (QED) is 0.471. The van der Waals surface area contributed by atoms with Gasteiger partial charge in [-0.1, -0.05) is 41.4 Å². The number of alkyl halides is 2. The molecule has 146 valence electrons. The first-order valence-electron chi connectivity index (χ1n) is 7.85. The van der Waals surface area contributed by atoms with Crippen LogP contribution in [0, 0.1) is 0 Å². The number of nitrogens with one attached hydrogen (secondary N) is 1. The van der Waals surface area contributed by atoms with Crippen molar-refractivity contribution in [3.05, 3.63) is 74.3 Å². The van der Waals surface area contributed by atoms with Crippen LogP contribution in [-0.2, 0) is 6.54 Å². The second-order valence-electron chi connectivity index (χ2n) is 5.60. The summed E-state index contributed by atoms with van der Waals surface area (Å²) < 4.78 is 31.5. The summed E-state index contributed by atoms with van der Waals surface area (Å²) >= 11 is 15.2. The number of hydrogen-bond donors (Lipinski definition) is 1. The van der Waals surface area contributed by atoms with Gasteiger partial charge in [-0.2, -0.15) is 13.9 Å². The third-order valence-corrected chi connectivity index (χ3v) is 4.94. The highest BCUT2D eigenvalue weighted by molar-refractivity contribution is 9.10. The number of benzene rings is 2. The Kier molecular flexibility index (Phi) is 6.53. The molecule has 0 aliphatic carbocycles. The summed E-state index contributed by atoms with van der Waals surface area (Å²) in [4.78, 5) is 12.5. The molecule has 0 atom stereocenters. The molecular formula is C18H12BrCl2F2N3O2. The number of hydrogen-bond acceptors (Lipinski definition) is 3. The highest BCUT2D eigenvalue weighted by Crippen LogP contribution is 2.26. The van der Waals surface area contributed by atoms with Crippen molar-refractivity contribution in [2.45, 2.75) is 13.2 Å². The molecule has 3 rings (SSSR count). The lowest BCUT2D eigenvalue weighted by molar-refractivity contribution is -0.0501. The Morgan fingerprint density at radius 3 is 2.68 bits per heavy atom. The Balaban J connectivity index is 1.77. The summed E-state index contributed by atoms with van der Waals surface area (Å²) in [6, 6.07) is 10.9. The minimum atomic E-state index is -3.04. The van der Waals surface area contributed by atoms with Crippen molar-refractivity contribution in [3.8, 4) is 5.75 Å². The zero-order valence-corrected chi connectivity index (χ0v) is 17.1. The zero-order chi connectivity index (χ0) is 20.3. The number of ether oxygens (including phenoxy) is 1. The van der Waals surface area contributed by atoms with Gasteiger partial charge in [-0.15, -0.1) is 0 Å². The number of rotatable bonds is 6. The Hall–Kier alpha value is -2.16. The maximum Gasteiger partial charge on any atom is 0.387 e. The molecular weight excluding hydrogens is 479 g/mol. The first kappa shape index (κ1) is 20.6. The second kappa shape index (κ2) is 8.89. The molecule has 0 aliphatic heterocycles. The van der Waals surface area contributed by atoms with Crippen molar-refractivity contribution in [2.75, 3.05) is 5.32 Å². The smallest absolute Gasteiger partial charge is 0.387 e. The molecule has 5 nitrogen and oxygen atoms in total. The number of carbonyl (C=O) groups is 1. The first-order valence-corrected chi connectivity index (χ1v) is 9.40. The monoisotopic (exact) mass is 489 g/mol. The molecule has 1 amide bonds. The third-order valence-electron chi connectivity index (χ3n) is 3.63.